The Kier molecular flexibility index (Phi) is 4.72. The van der Waals surface area contributed by atoms with Crippen LogP contribution in [0.3, 0.4) is 0 Å². The number of fused-ring (bicyclic) bond motifs is 8. The predicted octanol–water partition coefficient (Wildman–Crippen LogP) is 9.53. The van der Waals surface area contributed by atoms with Crippen molar-refractivity contribution in [3.8, 4) is 0 Å². The quantitative estimate of drug-likeness (QED) is 0.248. The Morgan fingerprint density at radius 1 is 0.556 bits per heavy atom. The molecule has 0 aliphatic heterocycles. The summed E-state index contributed by atoms with van der Waals surface area (Å²) in [7, 11) is 0. The molecule has 3 aromatic carbocycles. The summed E-state index contributed by atoms with van der Waals surface area (Å²) in [5.41, 5.74) is 23.1. The summed E-state index contributed by atoms with van der Waals surface area (Å²) in [6, 6.07) is 6.63. The lowest BCUT2D eigenvalue weighted by atomic mass is 9.63. The number of rotatable bonds is 0. The number of allylic oxidation sites excluding steroid dienone is 3. The van der Waals surface area contributed by atoms with Crippen molar-refractivity contribution in [2.24, 2.45) is 0 Å². The minimum absolute atomic E-state index is 0.356. The molecule has 0 fully saturated rings. The van der Waals surface area contributed by atoms with Gasteiger partial charge in [0.1, 0.15) is 5.58 Å². The molecule has 0 radical (unpaired) electrons. The number of hydrogen-bond donors (Lipinski definition) is 0. The minimum Gasteiger partial charge on any atom is -0.464 e. The van der Waals surface area contributed by atoms with Gasteiger partial charge in [-0.25, -0.2) is 0 Å². The van der Waals surface area contributed by atoms with Gasteiger partial charge in [-0.1, -0.05) is 18.2 Å². The first kappa shape index (κ1) is 23.1. The second-order valence-corrected chi connectivity index (χ2v) is 11.3. The van der Waals surface area contributed by atoms with Gasteiger partial charge in [0.25, 0.3) is 0 Å². The SMILES string of the molecule is CC1=C(C)c2c(C)c(C)c(C)c(C)c2C2(C=Cc3c2ccc2occc32)c2c(C)c(C)c(C)c(C)c21. The van der Waals surface area contributed by atoms with Crippen LogP contribution in [0.25, 0.3) is 28.2 Å². The lowest BCUT2D eigenvalue weighted by Gasteiger charge is -2.38. The Balaban J connectivity index is 1.95. The van der Waals surface area contributed by atoms with Crippen LogP contribution in [-0.2, 0) is 5.41 Å². The van der Waals surface area contributed by atoms with Crippen molar-refractivity contribution >= 4 is 28.2 Å². The Labute approximate surface area is 215 Å². The maximum absolute atomic E-state index is 5.83. The van der Waals surface area contributed by atoms with Crippen LogP contribution < -0.4 is 0 Å². The van der Waals surface area contributed by atoms with Crippen molar-refractivity contribution in [3.63, 3.8) is 0 Å². The third-order valence-corrected chi connectivity index (χ3v) is 10.1. The molecule has 182 valence electrons. The van der Waals surface area contributed by atoms with Gasteiger partial charge in [0.05, 0.1) is 11.7 Å². The molecule has 0 saturated heterocycles. The molecule has 0 atom stereocenters. The smallest absolute Gasteiger partial charge is 0.134 e. The van der Waals surface area contributed by atoms with Gasteiger partial charge >= 0.3 is 0 Å². The van der Waals surface area contributed by atoms with Gasteiger partial charge in [0, 0.05) is 5.39 Å². The first-order chi connectivity index (χ1) is 17.0. The van der Waals surface area contributed by atoms with Crippen molar-refractivity contribution in [1.29, 1.82) is 0 Å². The first-order valence-corrected chi connectivity index (χ1v) is 13.1. The fraction of sp³-hybridized carbons (Fsp3) is 0.314. The third kappa shape index (κ3) is 2.51. The maximum atomic E-state index is 5.83. The van der Waals surface area contributed by atoms with Gasteiger partial charge in [-0.05, 0) is 170 Å². The molecule has 1 spiro atoms. The Bertz CT molecular complexity index is 1630. The van der Waals surface area contributed by atoms with E-state index in [2.05, 4.69) is 99.6 Å². The van der Waals surface area contributed by atoms with Gasteiger partial charge in [0.15, 0.2) is 0 Å². The summed E-state index contributed by atoms with van der Waals surface area (Å²) in [6.45, 7) is 23.3. The standard InChI is InChI=1S/C35H36O/c1-17-19(3)25(9)33-31(21(17)5)23(7)24(8)32-22(6)18(2)20(4)26(10)34(32)35(33)15-13-27-28-14-16-36-30(28)12-11-29(27)35/h11-16H,1-10H3. The van der Waals surface area contributed by atoms with E-state index in [-0.39, 0.29) is 5.41 Å². The zero-order valence-corrected chi connectivity index (χ0v) is 23.4. The van der Waals surface area contributed by atoms with E-state index in [1.807, 2.05) is 6.26 Å². The van der Waals surface area contributed by atoms with Crippen LogP contribution in [0.2, 0.25) is 0 Å². The normalized spacial score (nSPS) is 15.5. The Morgan fingerprint density at radius 2 is 1.06 bits per heavy atom. The van der Waals surface area contributed by atoms with Gasteiger partial charge in [-0.2, -0.15) is 0 Å². The molecule has 0 amide bonds. The molecule has 1 heterocycles. The molecule has 0 bridgehead atoms. The topological polar surface area (TPSA) is 13.1 Å². The summed E-state index contributed by atoms with van der Waals surface area (Å²) in [5, 5.41) is 1.20. The molecule has 1 aromatic heterocycles. The molecule has 6 rings (SSSR count). The number of furan rings is 1. The molecule has 36 heavy (non-hydrogen) atoms. The molecule has 2 aliphatic rings. The minimum atomic E-state index is -0.356. The third-order valence-electron chi connectivity index (χ3n) is 10.1. The monoisotopic (exact) mass is 472 g/mol. The number of benzene rings is 3. The molecular formula is C35H36O. The highest BCUT2D eigenvalue weighted by molar-refractivity contribution is 6.01. The maximum Gasteiger partial charge on any atom is 0.134 e. The molecule has 1 heteroatoms. The Hall–Kier alpha value is -3.32. The van der Waals surface area contributed by atoms with Crippen molar-refractivity contribution in [3.05, 3.63) is 108 Å². The van der Waals surface area contributed by atoms with Gasteiger partial charge in [-0.15, -0.1) is 0 Å². The van der Waals surface area contributed by atoms with E-state index < -0.39 is 0 Å². The van der Waals surface area contributed by atoms with Crippen molar-refractivity contribution in [1.82, 2.24) is 0 Å². The summed E-state index contributed by atoms with van der Waals surface area (Å²) < 4.78 is 5.83. The van der Waals surface area contributed by atoms with E-state index in [1.54, 1.807) is 0 Å². The molecule has 0 saturated carbocycles. The zero-order valence-electron chi connectivity index (χ0n) is 23.4. The van der Waals surface area contributed by atoms with Crippen LogP contribution in [0.1, 0.15) is 91.7 Å². The molecule has 2 aliphatic carbocycles. The van der Waals surface area contributed by atoms with E-state index in [4.69, 9.17) is 4.42 Å². The highest BCUT2D eigenvalue weighted by atomic mass is 16.3. The molecular weight excluding hydrogens is 436 g/mol. The van der Waals surface area contributed by atoms with Crippen LogP contribution in [0.4, 0.5) is 0 Å². The van der Waals surface area contributed by atoms with Crippen molar-refractivity contribution < 1.29 is 4.42 Å². The van der Waals surface area contributed by atoms with Gasteiger partial charge in [-0.3, -0.25) is 0 Å². The lowest BCUT2D eigenvalue weighted by Crippen LogP contribution is -2.31. The van der Waals surface area contributed by atoms with Gasteiger partial charge in [0.2, 0.25) is 0 Å². The van der Waals surface area contributed by atoms with Crippen LogP contribution in [-0.4, -0.2) is 0 Å². The van der Waals surface area contributed by atoms with E-state index >= 15 is 0 Å². The highest BCUT2D eigenvalue weighted by Gasteiger charge is 2.47. The lowest BCUT2D eigenvalue weighted by molar-refractivity contribution is 0.615. The zero-order chi connectivity index (χ0) is 25.8. The van der Waals surface area contributed by atoms with Crippen LogP contribution in [0, 0.1) is 55.4 Å². The van der Waals surface area contributed by atoms with Crippen LogP contribution in [0.15, 0.2) is 35.0 Å². The summed E-state index contributed by atoms with van der Waals surface area (Å²) in [4.78, 5) is 0. The Morgan fingerprint density at radius 3 is 1.58 bits per heavy atom. The van der Waals surface area contributed by atoms with Crippen molar-refractivity contribution in [2.45, 2.75) is 74.7 Å². The average Bonchev–Trinajstić information content (AvgIpc) is 3.48. The van der Waals surface area contributed by atoms with Crippen LogP contribution >= 0.6 is 0 Å². The molecule has 4 aromatic rings. The second kappa shape index (κ2) is 7.35. The predicted molar refractivity (Wildman–Crippen MR) is 154 cm³/mol. The van der Waals surface area contributed by atoms with E-state index in [9.17, 15) is 0 Å². The van der Waals surface area contributed by atoms with E-state index in [0.717, 1.165) is 5.58 Å². The number of hydrogen-bond acceptors (Lipinski definition) is 1. The average molecular weight is 473 g/mol. The fourth-order valence-corrected chi connectivity index (χ4v) is 7.37. The van der Waals surface area contributed by atoms with Crippen LogP contribution in [0.5, 0.6) is 0 Å². The van der Waals surface area contributed by atoms with Gasteiger partial charge < -0.3 is 4.42 Å². The first-order valence-electron chi connectivity index (χ1n) is 13.1. The fourth-order valence-electron chi connectivity index (χ4n) is 7.37. The van der Waals surface area contributed by atoms with E-state index in [0.29, 0.717) is 0 Å². The largest absolute Gasteiger partial charge is 0.464 e. The highest BCUT2D eigenvalue weighted by Crippen LogP contribution is 2.58. The molecule has 1 nitrogen and oxygen atoms in total. The summed E-state index contributed by atoms with van der Waals surface area (Å²) in [5.74, 6) is 0. The van der Waals surface area contributed by atoms with E-state index in [1.165, 1.54) is 94.4 Å². The van der Waals surface area contributed by atoms with Crippen molar-refractivity contribution in [2.75, 3.05) is 0 Å². The summed E-state index contributed by atoms with van der Waals surface area (Å²) >= 11 is 0. The second-order valence-electron chi connectivity index (χ2n) is 11.3. The summed E-state index contributed by atoms with van der Waals surface area (Å²) in [6.07, 6.45) is 6.70. The molecule has 0 N–H and O–H groups in total. The molecule has 0 unspecified atom stereocenters.